The molecule has 0 aliphatic carbocycles. The Bertz CT molecular complexity index is 1700. The molecular weight excluding hydrogens is 582 g/mol. The molecule has 0 saturated heterocycles. The van der Waals surface area contributed by atoms with Gasteiger partial charge in [-0.05, 0) is 53.2 Å². The summed E-state index contributed by atoms with van der Waals surface area (Å²) in [6, 6.07) is 15.4. The van der Waals surface area contributed by atoms with E-state index < -0.39 is 46.4 Å². The van der Waals surface area contributed by atoms with Gasteiger partial charge in [0, 0.05) is 0 Å². The normalized spacial score (nSPS) is 12.6. The van der Waals surface area contributed by atoms with Crippen molar-refractivity contribution in [3.8, 4) is 0 Å². The topological polar surface area (TPSA) is 80.3 Å². The molecule has 0 aliphatic heterocycles. The van der Waals surface area contributed by atoms with Gasteiger partial charge < -0.3 is 0 Å². The van der Waals surface area contributed by atoms with Crippen LogP contribution in [0.3, 0.4) is 0 Å². The van der Waals surface area contributed by atoms with Crippen molar-refractivity contribution in [2.45, 2.75) is 20.9 Å². The maximum Gasteiger partial charge on any atom is 0.416 e. The van der Waals surface area contributed by atoms with E-state index in [4.69, 9.17) is 34.8 Å². The van der Waals surface area contributed by atoms with Gasteiger partial charge in [0.1, 0.15) is 9.79 Å². The lowest BCUT2D eigenvalue weighted by Gasteiger charge is -2.14. The number of hydrogen-bond donors (Lipinski definition) is 1. The summed E-state index contributed by atoms with van der Waals surface area (Å²) in [5, 5.41) is 0.0905. The molecule has 0 heterocycles. The summed E-state index contributed by atoms with van der Waals surface area (Å²) < 4.78 is 92.8. The fraction of sp³-hybridized carbons (Fsp3) is 0.0435. The summed E-state index contributed by atoms with van der Waals surface area (Å²) in [4.78, 5) is -1.14. The molecule has 4 aromatic rings. The molecule has 1 N–H and O–H groups in total. The van der Waals surface area contributed by atoms with Gasteiger partial charge in [0.2, 0.25) is 9.84 Å². The molecule has 4 aromatic carbocycles. The van der Waals surface area contributed by atoms with Gasteiger partial charge in [-0.15, -0.1) is 0 Å². The van der Waals surface area contributed by atoms with Crippen LogP contribution in [0, 0.1) is 0 Å². The second kappa shape index (κ2) is 9.42. The van der Waals surface area contributed by atoms with E-state index in [1.54, 1.807) is 18.2 Å². The average Bonchev–Trinajstić information content (AvgIpc) is 2.77. The lowest BCUT2D eigenvalue weighted by Crippen LogP contribution is -2.15. The van der Waals surface area contributed by atoms with Gasteiger partial charge in [-0.25, -0.2) is 16.8 Å². The molecule has 0 bridgehead atoms. The number of rotatable bonds is 5. The molecule has 188 valence electrons. The van der Waals surface area contributed by atoms with Gasteiger partial charge in [0.15, 0.2) is 0 Å². The molecule has 0 aliphatic rings. The van der Waals surface area contributed by atoms with Crippen molar-refractivity contribution in [1.82, 2.24) is 0 Å². The van der Waals surface area contributed by atoms with E-state index >= 15 is 0 Å². The molecule has 0 amide bonds. The zero-order valence-corrected chi connectivity index (χ0v) is 21.5. The summed E-state index contributed by atoms with van der Waals surface area (Å²) >= 11 is 18.2. The fourth-order valence-electron chi connectivity index (χ4n) is 3.43. The van der Waals surface area contributed by atoms with Crippen molar-refractivity contribution >= 4 is 71.1 Å². The molecule has 0 aromatic heterocycles. The van der Waals surface area contributed by atoms with Crippen LogP contribution in [0.1, 0.15) is 5.56 Å². The first-order chi connectivity index (χ1) is 16.7. The minimum atomic E-state index is -4.72. The second-order valence-electron chi connectivity index (χ2n) is 7.53. The molecule has 0 atom stereocenters. The molecule has 0 saturated carbocycles. The lowest BCUT2D eigenvalue weighted by molar-refractivity contribution is -0.137. The van der Waals surface area contributed by atoms with Crippen molar-refractivity contribution in [3.63, 3.8) is 0 Å². The van der Waals surface area contributed by atoms with Crippen molar-refractivity contribution in [2.75, 3.05) is 4.72 Å². The van der Waals surface area contributed by atoms with Gasteiger partial charge in [-0.3, -0.25) is 4.72 Å². The van der Waals surface area contributed by atoms with Crippen molar-refractivity contribution in [2.24, 2.45) is 0 Å². The van der Waals surface area contributed by atoms with E-state index in [0.717, 1.165) is 17.5 Å². The van der Waals surface area contributed by atoms with Gasteiger partial charge >= 0.3 is 6.18 Å². The summed E-state index contributed by atoms with van der Waals surface area (Å²) in [7, 11) is -8.68. The predicted octanol–water partition coefficient (Wildman–Crippen LogP) is 7.45. The zero-order valence-electron chi connectivity index (χ0n) is 17.6. The van der Waals surface area contributed by atoms with Crippen molar-refractivity contribution in [1.29, 1.82) is 0 Å². The quantitative estimate of drug-likeness (QED) is 0.260. The fourth-order valence-corrected chi connectivity index (χ4v) is 7.51. The Morgan fingerprint density at radius 3 is 1.89 bits per heavy atom. The van der Waals surface area contributed by atoms with Gasteiger partial charge in [-0.2, -0.15) is 13.2 Å². The molecule has 5 nitrogen and oxygen atoms in total. The summed E-state index contributed by atoms with van der Waals surface area (Å²) in [6.07, 6.45) is -4.72. The van der Waals surface area contributed by atoms with Gasteiger partial charge in [0.05, 0.1) is 31.2 Å². The Hall–Kier alpha value is -2.50. The highest BCUT2D eigenvalue weighted by molar-refractivity contribution is 7.93. The van der Waals surface area contributed by atoms with Crippen LogP contribution in [0.5, 0.6) is 0 Å². The first-order valence-corrected chi connectivity index (χ1v) is 13.9. The number of hydrogen-bond acceptors (Lipinski definition) is 4. The van der Waals surface area contributed by atoms with E-state index in [-0.39, 0.29) is 20.6 Å². The Balaban J connectivity index is 1.70. The first-order valence-electron chi connectivity index (χ1n) is 9.83. The third-order valence-corrected chi connectivity index (χ3v) is 9.64. The number of nitrogens with one attached hydrogen (secondary N) is 1. The molecule has 0 fully saturated rings. The molecule has 13 heteroatoms. The van der Waals surface area contributed by atoms with E-state index in [1.807, 2.05) is 12.1 Å². The monoisotopic (exact) mass is 593 g/mol. The third-order valence-electron chi connectivity index (χ3n) is 5.10. The number of halogens is 6. The van der Waals surface area contributed by atoms with Crippen molar-refractivity contribution in [3.05, 3.63) is 93.4 Å². The highest BCUT2D eigenvalue weighted by atomic mass is 35.5. The van der Waals surface area contributed by atoms with Crippen LogP contribution < -0.4 is 4.72 Å². The van der Waals surface area contributed by atoms with E-state index in [9.17, 15) is 30.0 Å². The minimum Gasteiger partial charge on any atom is -0.279 e. The van der Waals surface area contributed by atoms with E-state index in [2.05, 4.69) is 4.72 Å². The highest BCUT2D eigenvalue weighted by Gasteiger charge is 2.32. The number of anilines is 1. The Labute approximate surface area is 219 Å². The molecule has 0 unspecified atom stereocenters. The zero-order chi connectivity index (χ0) is 26.5. The number of fused-ring (bicyclic) bond motifs is 1. The Morgan fingerprint density at radius 2 is 1.31 bits per heavy atom. The van der Waals surface area contributed by atoms with E-state index in [0.29, 0.717) is 23.6 Å². The molecular formula is C23H13Cl3F3NO4S2. The molecule has 0 radical (unpaired) electrons. The standard InChI is InChI=1S/C23H13Cl3F3NO4S2/c24-18-10-15(23(27,28)29)6-8-21(18)36(33,34)30-16-11-19(25)22(20(26)12-16)35(31,32)17-7-5-13-3-1-2-4-14(13)9-17/h1-12,30H. The number of benzene rings is 4. The Morgan fingerprint density at radius 1 is 0.694 bits per heavy atom. The predicted molar refractivity (Wildman–Crippen MR) is 133 cm³/mol. The number of sulfonamides is 1. The SMILES string of the molecule is O=S(=O)(Nc1cc(Cl)c(S(=O)(=O)c2ccc3ccccc3c2)c(Cl)c1)c1ccc(C(F)(F)F)cc1Cl. The molecule has 36 heavy (non-hydrogen) atoms. The van der Waals surface area contributed by atoms with Crippen LogP contribution in [0.4, 0.5) is 18.9 Å². The first kappa shape index (κ1) is 26.6. The smallest absolute Gasteiger partial charge is 0.279 e. The van der Waals surface area contributed by atoms with Gasteiger partial charge in [-0.1, -0.05) is 65.1 Å². The maximum atomic E-state index is 13.3. The van der Waals surface area contributed by atoms with Crippen LogP contribution >= 0.6 is 34.8 Å². The average molecular weight is 595 g/mol. The van der Waals surface area contributed by atoms with Crippen LogP contribution in [-0.2, 0) is 26.0 Å². The Kier molecular flexibility index (Phi) is 6.95. The second-order valence-corrected chi connectivity index (χ2v) is 12.3. The van der Waals surface area contributed by atoms with E-state index in [1.165, 1.54) is 12.1 Å². The highest BCUT2D eigenvalue weighted by Crippen LogP contribution is 2.38. The van der Waals surface area contributed by atoms with Crippen LogP contribution in [0.2, 0.25) is 15.1 Å². The lowest BCUT2D eigenvalue weighted by atomic mass is 10.1. The summed E-state index contributed by atoms with van der Waals surface area (Å²) in [5.41, 5.74) is -1.35. The third kappa shape index (κ3) is 5.14. The summed E-state index contributed by atoms with van der Waals surface area (Å²) in [6.45, 7) is 0. The summed E-state index contributed by atoms with van der Waals surface area (Å²) in [5.74, 6) is 0. The van der Waals surface area contributed by atoms with Crippen LogP contribution in [0.15, 0.2) is 87.5 Å². The number of alkyl halides is 3. The molecule has 4 rings (SSSR count). The molecule has 0 spiro atoms. The number of sulfone groups is 1. The van der Waals surface area contributed by atoms with Crippen molar-refractivity contribution < 1.29 is 30.0 Å². The van der Waals surface area contributed by atoms with Crippen LogP contribution in [0.25, 0.3) is 10.8 Å². The minimum absolute atomic E-state index is 0.0742. The maximum absolute atomic E-state index is 13.3. The van der Waals surface area contributed by atoms with Gasteiger partial charge in [0.25, 0.3) is 10.0 Å². The largest absolute Gasteiger partial charge is 0.416 e. The van der Waals surface area contributed by atoms with Crippen LogP contribution in [-0.4, -0.2) is 16.8 Å².